The number of aromatic nitrogens is 2. The molecule has 2 aliphatic rings. The molecule has 0 radical (unpaired) electrons. The largest absolute Gasteiger partial charge is 0.454 e. The molecule has 28 heavy (non-hydrogen) atoms. The summed E-state index contributed by atoms with van der Waals surface area (Å²) in [6.07, 6.45) is 2.69. The second kappa shape index (κ2) is 7.27. The first-order valence-electron chi connectivity index (χ1n) is 9.30. The van der Waals surface area contributed by atoms with Gasteiger partial charge in [-0.1, -0.05) is 5.16 Å². The number of thiophene rings is 1. The van der Waals surface area contributed by atoms with Gasteiger partial charge in [0, 0.05) is 36.0 Å². The lowest BCUT2D eigenvalue weighted by Crippen LogP contribution is -2.40. The third-order valence-corrected chi connectivity index (χ3v) is 5.82. The van der Waals surface area contributed by atoms with Gasteiger partial charge in [-0.05, 0) is 48.4 Å². The summed E-state index contributed by atoms with van der Waals surface area (Å²) in [6.45, 7) is 1.65. The quantitative estimate of drug-likeness (QED) is 0.669. The van der Waals surface area contributed by atoms with Crippen LogP contribution >= 0.6 is 11.3 Å². The Morgan fingerprint density at radius 1 is 1.25 bits per heavy atom. The molecular weight excluding hydrogens is 378 g/mol. The zero-order valence-electron chi connectivity index (χ0n) is 15.2. The van der Waals surface area contributed by atoms with Crippen molar-refractivity contribution >= 4 is 17.2 Å². The van der Waals surface area contributed by atoms with Gasteiger partial charge in [0.2, 0.25) is 18.5 Å². The second-order valence-corrected chi connectivity index (χ2v) is 7.84. The third kappa shape index (κ3) is 3.35. The number of ether oxygens (including phenoxy) is 2. The van der Waals surface area contributed by atoms with Gasteiger partial charge in [0.05, 0.1) is 0 Å². The molecule has 1 fully saturated rings. The van der Waals surface area contributed by atoms with Gasteiger partial charge in [0.15, 0.2) is 11.5 Å². The molecule has 8 heteroatoms. The minimum absolute atomic E-state index is 0.0208. The molecule has 2 aliphatic heterocycles. The standard InChI is InChI=1S/C20H19N3O4S/c24-20(14-3-4-16-17(9-14)26-12-25-16)23-6-1-2-13(10-23)8-18-21-19(22-27-18)15-5-7-28-11-15/h3-5,7,9,11,13H,1-2,6,8,10,12H2/t13-/m0/s1. The lowest BCUT2D eigenvalue weighted by molar-refractivity contribution is 0.0667. The van der Waals surface area contributed by atoms with E-state index in [4.69, 9.17) is 14.0 Å². The van der Waals surface area contributed by atoms with Crippen LogP contribution < -0.4 is 9.47 Å². The highest BCUT2D eigenvalue weighted by molar-refractivity contribution is 7.08. The lowest BCUT2D eigenvalue weighted by Gasteiger charge is -2.32. The van der Waals surface area contributed by atoms with Crippen molar-refractivity contribution in [1.29, 1.82) is 0 Å². The molecular formula is C20H19N3O4S. The van der Waals surface area contributed by atoms with Gasteiger partial charge >= 0.3 is 0 Å². The Kier molecular flexibility index (Phi) is 4.48. The fraction of sp³-hybridized carbons (Fsp3) is 0.350. The number of benzene rings is 1. The Hall–Kier alpha value is -2.87. The van der Waals surface area contributed by atoms with Crippen molar-refractivity contribution in [3.63, 3.8) is 0 Å². The van der Waals surface area contributed by atoms with Crippen LogP contribution in [0.3, 0.4) is 0 Å². The number of carbonyl (C=O) groups is 1. The first-order valence-corrected chi connectivity index (χ1v) is 10.2. The van der Waals surface area contributed by atoms with E-state index in [0.29, 0.717) is 47.7 Å². The van der Waals surface area contributed by atoms with E-state index in [2.05, 4.69) is 10.1 Å². The van der Waals surface area contributed by atoms with Crippen molar-refractivity contribution in [2.75, 3.05) is 19.9 Å². The summed E-state index contributed by atoms with van der Waals surface area (Å²) < 4.78 is 16.1. The van der Waals surface area contributed by atoms with Crippen LogP contribution in [-0.2, 0) is 6.42 Å². The third-order valence-electron chi connectivity index (χ3n) is 5.14. The minimum Gasteiger partial charge on any atom is -0.454 e. The van der Waals surface area contributed by atoms with Gasteiger partial charge in [0.25, 0.3) is 5.91 Å². The highest BCUT2D eigenvalue weighted by Gasteiger charge is 2.27. The summed E-state index contributed by atoms with van der Waals surface area (Å²) in [5, 5.41) is 8.07. The number of carbonyl (C=O) groups excluding carboxylic acids is 1. The van der Waals surface area contributed by atoms with E-state index in [9.17, 15) is 4.79 Å². The number of fused-ring (bicyclic) bond motifs is 1. The van der Waals surface area contributed by atoms with Crippen molar-refractivity contribution in [3.8, 4) is 22.9 Å². The van der Waals surface area contributed by atoms with Crippen LogP contribution in [0.1, 0.15) is 29.1 Å². The normalized spacial score (nSPS) is 18.4. The Bertz CT molecular complexity index is 985. The highest BCUT2D eigenvalue weighted by Crippen LogP contribution is 2.33. The maximum Gasteiger partial charge on any atom is 0.254 e. The van der Waals surface area contributed by atoms with Crippen molar-refractivity contribution in [2.45, 2.75) is 19.3 Å². The van der Waals surface area contributed by atoms with Gasteiger partial charge in [-0.2, -0.15) is 16.3 Å². The predicted octanol–water partition coefficient (Wildman–Crippen LogP) is 3.62. The number of hydrogen-bond donors (Lipinski definition) is 0. The first kappa shape index (κ1) is 17.2. The fourth-order valence-electron chi connectivity index (χ4n) is 3.72. The second-order valence-electron chi connectivity index (χ2n) is 7.06. The number of rotatable bonds is 4. The van der Waals surface area contributed by atoms with Crippen LogP contribution in [0.4, 0.5) is 0 Å². The Balaban J connectivity index is 1.25. The summed E-state index contributed by atoms with van der Waals surface area (Å²) >= 11 is 1.61. The molecule has 0 N–H and O–H groups in total. The average molecular weight is 397 g/mol. The van der Waals surface area contributed by atoms with Gasteiger partial charge in [-0.15, -0.1) is 0 Å². The number of piperidine rings is 1. The summed E-state index contributed by atoms with van der Waals surface area (Å²) in [7, 11) is 0. The molecule has 0 spiro atoms. The van der Waals surface area contributed by atoms with E-state index in [1.807, 2.05) is 21.7 Å². The maximum absolute atomic E-state index is 12.9. The van der Waals surface area contributed by atoms with E-state index in [-0.39, 0.29) is 12.7 Å². The summed E-state index contributed by atoms with van der Waals surface area (Å²) in [4.78, 5) is 19.4. The number of hydrogen-bond acceptors (Lipinski definition) is 7. The van der Waals surface area contributed by atoms with Crippen LogP contribution in [0.2, 0.25) is 0 Å². The molecule has 1 atom stereocenters. The van der Waals surface area contributed by atoms with Gasteiger partial charge in [0.1, 0.15) is 0 Å². The van der Waals surface area contributed by atoms with Gasteiger partial charge < -0.3 is 18.9 Å². The van der Waals surface area contributed by atoms with Gasteiger partial charge in [-0.25, -0.2) is 0 Å². The maximum atomic E-state index is 12.9. The van der Waals surface area contributed by atoms with Crippen molar-refractivity contribution in [1.82, 2.24) is 15.0 Å². The van der Waals surface area contributed by atoms with E-state index in [1.54, 1.807) is 29.5 Å². The first-order chi connectivity index (χ1) is 13.8. The molecule has 1 aromatic carbocycles. The minimum atomic E-state index is 0.0208. The molecule has 1 amide bonds. The van der Waals surface area contributed by atoms with E-state index in [1.165, 1.54) is 0 Å². The van der Waals surface area contributed by atoms with E-state index in [0.717, 1.165) is 24.9 Å². The molecule has 2 aromatic heterocycles. The molecule has 0 unspecified atom stereocenters. The monoisotopic (exact) mass is 397 g/mol. The molecule has 0 bridgehead atoms. The lowest BCUT2D eigenvalue weighted by atomic mass is 9.94. The van der Waals surface area contributed by atoms with Crippen LogP contribution in [0, 0.1) is 5.92 Å². The van der Waals surface area contributed by atoms with Crippen molar-refractivity contribution in [2.24, 2.45) is 5.92 Å². The molecule has 5 rings (SSSR count). The van der Waals surface area contributed by atoms with Crippen LogP contribution in [0.15, 0.2) is 39.5 Å². The molecule has 3 aromatic rings. The Morgan fingerprint density at radius 2 is 2.18 bits per heavy atom. The molecule has 1 saturated heterocycles. The smallest absolute Gasteiger partial charge is 0.254 e. The SMILES string of the molecule is O=C(c1ccc2c(c1)OCO2)N1CCC[C@@H](Cc2nc(-c3ccsc3)no2)C1. The zero-order valence-corrected chi connectivity index (χ0v) is 16.0. The Labute approximate surface area is 165 Å². The molecule has 0 aliphatic carbocycles. The van der Waals surface area contributed by atoms with E-state index >= 15 is 0 Å². The zero-order chi connectivity index (χ0) is 18.9. The van der Waals surface area contributed by atoms with E-state index < -0.39 is 0 Å². The fourth-order valence-corrected chi connectivity index (χ4v) is 4.36. The molecule has 0 saturated carbocycles. The number of likely N-dealkylation sites (tertiary alicyclic amines) is 1. The van der Waals surface area contributed by atoms with Crippen LogP contribution in [0.25, 0.3) is 11.4 Å². The van der Waals surface area contributed by atoms with Crippen LogP contribution in [0.5, 0.6) is 11.5 Å². The highest BCUT2D eigenvalue weighted by atomic mass is 32.1. The summed E-state index contributed by atoms with van der Waals surface area (Å²) in [5.41, 5.74) is 1.60. The van der Waals surface area contributed by atoms with Crippen molar-refractivity contribution < 1.29 is 18.8 Å². The number of nitrogens with zero attached hydrogens (tertiary/aromatic N) is 3. The number of amides is 1. The molecule has 4 heterocycles. The Morgan fingerprint density at radius 3 is 3.07 bits per heavy atom. The van der Waals surface area contributed by atoms with Gasteiger partial charge in [-0.3, -0.25) is 4.79 Å². The summed E-state index contributed by atoms with van der Waals surface area (Å²) in [6, 6.07) is 7.33. The predicted molar refractivity (Wildman–Crippen MR) is 103 cm³/mol. The topological polar surface area (TPSA) is 77.7 Å². The summed E-state index contributed by atoms with van der Waals surface area (Å²) in [5.74, 6) is 2.90. The average Bonchev–Trinajstić information content (AvgIpc) is 3.47. The molecule has 144 valence electrons. The molecule has 7 nitrogen and oxygen atoms in total. The van der Waals surface area contributed by atoms with Crippen LogP contribution in [-0.4, -0.2) is 40.8 Å². The van der Waals surface area contributed by atoms with Crippen molar-refractivity contribution in [3.05, 3.63) is 46.5 Å².